The lowest BCUT2D eigenvalue weighted by molar-refractivity contribution is -0.126. The van der Waals surface area contributed by atoms with E-state index in [1.165, 1.54) is 0 Å². The van der Waals surface area contributed by atoms with Crippen LogP contribution in [-0.2, 0) is 16.1 Å². The number of benzene rings is 1. The van der Waals surface area contributed by atoms with Crippen molar-refractivity contribution in [2.45, 2.75) is 50.1 Å². The van der Waals surface area contributed by atoms with E-state index in [0.29, 0.717) is 30.6 Å². The van der Waals surface area contributed by atoms with Crippen LogP contribution in [0.2, 0.25) is 0 Å². The highest BCUT2D eigenvalue weighted by Gasteiger charge is 2.35. The van der Waals surface area contributed by atoms with Crippen LogP contribution in [0.1, 0.15) is 33.1 Å². The van der Waals surface area contributed by atoms with Crippen molar-refractivity contribution < 1.29 is 14.3 Å². The molecule has 11 heteroatoms. The lowest BCUT2D eigenvalue weighted by Crippen LogP contribution is -2.35. The first-order chi connectivity index (χ1) is 17.9. The second-order valence-corrected chi connectivity index (χ2v) is 11.2. The van der Waals surface area contributed by atoms with Gasteiger partial charge in [0.25, 0.3) is 0 Å². The van der Waals surface area contributed by atoms with Crippen LogP contribution in [0.25, 0.3) is 11.0 Å². The third kappa shape index (κ3) is 5.51. The molecule has 0 spiro atoms. The van der Waals surface area contributed by atoms with Gasteiger partial charge in [0.05, 0.1) is 31.2 Å². The molecule has 0 aliphatic carbocycles. The molecule has 1 aromatic carbocycles. The average molecular weight is 524 g/mol. The molecule has 1 N–H and O–H groups in total. The van der Waals surface area contributed by atoms with Gasteiger partial charge in [0, 0.05) is 49.6 Å². The average Bonchev–Trinajstić information content (AvgIpc) is 3.64. The summed E-state index contributed by atoms with van der Waals surface area (Å²) in [6, 6.07) is 7.34. The number of anilines is 2. The van der Waals surface area contributed by atoms with E-state index < -0.39 is 5.92 Å². The van der Waals surface area contributed by atoms with Gasteiger partial charge in [-0.2, -0.15) is 5.10 Å². The number of nitrogens with one attached hydrogen (secondary N) is 1. The Morgan fingerprint density at radius 3 is 2.81 bits per heavy atom. The van der Waals surface area contributed by atoms with Crippen molar-refractivity contribution in [3.8, 4) is 5.75 Å². The second-order valence-electron chi connectivity index (χ2n) is 9.69. The summed E-state index contributed by atoms with van der Waals surface area (Å²) in [7, 11) is 1.59. The molecule has 0 saturated carbocycles. The second kappa shape index (κ2) is 11.0. The molecular formula is C26H33N7O3S. The van der Waals surface area contributed by atoms with E-state index >= 15 is 0 Å². The van der Waals surface area contributed by atoms with Gasteiger partial charge in [0.1, 0.15) is 11.6 Å². The maximum Gasteiger partial charge on any atom is 0.227 e. The summed E-state index contributed by atoms with van der Waals surface area (Å²) >= 11 is 1.64. The quantitative estimate of drug-likeness (QED) is 0.337. The Labute approximate surface area is 220 Å². The fourth-order valence-corrected chi connectivity index (χ4v) is 5.56. The van der Waals surface area contributed by atoms with Crippen LogP contribution >= 0.6 is 11.8 Å². The van der Waals surface area contributed by atoms with Crippen molar-refractivity contribution >= 4 is 46.1 Å². The fourth-order valence-electron chi connectivity index (χ4n) is 4.86. The third-order valence-corrected chi connectivity index (χ3v) is 7.55. The Morgan fingerprint density at radius 1 is 1.24 bits per heavy atom. The summed E-state index contributed by atoms with van der Waals surface area (Å²) in [4.78, 5) is 39.1. The van der Waals surface area contributed by atoms with Crippen LogP contribution in [0.3, 0.4) is 0 Å². The zero-order chi connectivity index (χ0) is 25.9. The highest BCUT2D eigenvalue weighted by atomic mass is 32.2. The molecule has 2 aliphatic rings. The number of hydrogen-bond donors (Lipinski definition) is 1. The molecule has 2 aliphatic heterocycles. The van der Waals surface area contributed by atoms with Crippen LogP contribution < -0.4 is 19.9 Å². The number of fused-ring (bicyclic) bond motifs is 1. The van der Waals surface area contributed by atoms with Crippen LogP contribution in [-0.4, -0.2) is 70.1 Å². The Balaban J connectivity index is 1.25. The van der Waals surface area contributed by atoms with E-state index in [4.69, 9.17) is 14.7 Å². The molecule has 2 aromatic heterocycles. The smallest absolute Gasteiger partial charge is 0.227 e. The molecule has 4 heterocycles. The molecule has 37 heavy (non-hydrogen) atoms. The first kappa shape index (κ1) is 25.3. The number of nitrogens with zero attached hydrogens (tertiary/aromatic N) is 6. The Hall–Kier alpha value is -3.34. The summed E-state index contributed by atoms with van der Waals surface area (Å²) in [6.45, 7) is 7.48. The summed E-state index contributed by atoms with van der Waals surface area (Å²) in [5.41, 5.74) is 1.53. The Kier molecular flexibility index (Phi) is 7.50. The molecule has 1 unspecified atom stereocenters. The van der Waals surface area contributed by atoms with Gasteiger partial charge in [0.15, 0.2) is 10.8 Å². The predicted octanol–water partition coefficient (Wildman–Crippen LogP) is 3.10. The lowest BCUT2D eigenvalue weighted by atomic mass is 10.1. The normalized spacial score (nSPS) is 17.8. The summed E-state index contributed by atoms with van der Waals surface area (Å²) in [5.74, 6) is 1.04. The number of amides is 2. The molecule has 2 saturated heterocycles. The monoisotopic (exact) mass is 523 g/mol. The summed E-state index contributed by atoms with van der Waals surface area (Å²) in [5, 5.41) is 9.63. The first-order valence-electron chi connectivity index (χ1n) is 12.8. The number of aromatic nitrogens is 4. The van der Waals surface area contributed by atoms with Gasteiger partial charge in [-0.25, -0.2) is 14.6 Å². The maximum absolute atomic E-state index is 12.9. The van der Waals surface area contributed by atoms with Crippen LogP contribution in [0.15, 0.2) is 35.6 Å². The number of hydrogen-bond acceptors (Lipinski definition) is 8. The van der Waals surface area contributed by atoms with Crippen LogP contribution in [0, 0.1) is 5.92 Å². The summed E-state index contributed by atoms with van der Waals surface area (Å²) < 4.78 is 7.10. The minimum absolute atomic E-state index is 0.0622. The van der Waals surface area contributed by atoms with Gasteiger partial charge in [-0.3, -0.25) is 9.59 Å². The van der Waals surface area contributed by atoms with E-state index in [-0.39, 0.29) is 18.2 Å². The highest BCUT2D eigenvalue weighted by Crippen LogP contribution is 2.31. The Morgan fingerprint density at radius 2 is 2.05 bits per heavy atom. The number of carbonyl (C=O) groups is 2. The molecule has 2 amide bonds. The molecule has 196 valence electrons. The topological polar surface area (TPSA) is 105 Å². The van der Waals surface area contributed by atoms with Crippen molar-refractivity contribution in [3.05, 3.63) is 30.5 Å². The minimum atomic E-state index is -0.397. The zero-order valence-electron chi connectivity index (χ0n) is 21.5. The molecule has 2 fully saturated rings. The Bertz CT molecular complexity index is 1290. The van der Waals surface area contributed by atoms with Gasteiger partial charge in [-0.1, -0.05) is 31.7 Å². The van der Waals surface area contributed by atoms with Gasteiger partial charge < -0.3 is 19.9 Å². The van der Waals surface area contributed by atoms with E-state index in [1.54, 1.807) is 23.8 Å². The number of rotatable bonds is 9. The van der Waals surface area contributed by atoms with E-state index in [0.717, 1.165) is 53.6 Å². The number of carbonyl (C=O) groups excluding carboxylic acids is 2. The maximum atomic E-state index is 12.9. The predicted molar refractivity (Wildman–Crippen MR) is 144 cm³/mol. The minimum Gasteiger partial charge on any atom is -0.497 e. The standard InChI is InChI=1S/C26H33N7O3S/c1-17(2)37-26-29-23(31-10-4-5-11-31)21-15-28-33(24(21)30-26)12-9-27-25(35)18-13-22(34)32(16-18)19-7-6-8-20(14-19)36-3/h6-8,14-15,17-18H,4-5,9-13,16H2,1-3H3,(H,27,35). The fraction of sp³-hybridized carbons (Fsp3) is 0.500. The molecule has 0 bridgehead atoms. The van der Waals surface area contributed by atoms with Crippen molar-refractivity contribution in [2.24, 2.45) is 5.92 Å². The summed E-state index contributed by atoms with van der Waals surface area (Å²) in [6.07, 6.45) is 4.35. The number of methoxy groups -OCH3 is 1. The van der Waals surface area contributed by atoms with Crippen LogP contribution in [0.4, 0.5) is 11.5 Å². The number of ether oxygens (including phenoxy) is 1. The zero-order valence-corrected chi connectivity index (χ0v) is 22.3. The lowest BCUT2D eigenvalue weighted by Gasteiger charge is -2.18. The van der Waals surface area contributed by atoms with E-state index in [2.05, 4.69) is 29.2 Å². The molecule has 1 atom stereocenters. The number of thioether (sulfide) groups is 1. The van der Waals surface area contributed by atoms with Crippen molar-refractivity contribution in [1.82, 2.24) is 25.1 Å². The SMILES string of the molecule is COc1cccc(N2CC(C(=O)NCCn3ncc4c(N5CCCC5)nc(SC(C)C)nc43)CC2=O)c1. The van der Waals surface area contributed by atoms with Crippen molar-refractivity contribution in [1.29, 1.82) is 0 Å². The third-order valence-electron chi connectivity index (χ3n) is 6.69. The largest absolute Gasteiger partial charge is 0.497 e. The molecule has 0 radical (unpaired) electrons. The van der Waals surface area contributed by atoms with Crippen LogP contribution in [0.5, 0.6) is 5.75 Å². The molecule has 3 aromatic rings. The first-order valence-corrected chi connectivity index (χ1v) is 13.7. The van der Waals surface area contributed by atoms with E-state index in [9.17, 15) is 9.59 Å². The highest BCUT2D eigenvalue weighted by molar-refractivity contribution is 7.99. The van der Waals surface area contributed by atoms with Gasteiger partial charge in [-0.05, 0) is 25.0 Å². The van der Waals surface area contributed by atoms with Crippen molar-refractivity contribution in [2.75, 3.05) is 43.1 Å². The van der Waals surface area contributed by atoms with Gasteiger partial charge >= 0.3 is 0 Å². The van der Waals surface area contributed by atoms with Gasteiger partial charge in [-0.15, -0.1) is 0 Å². The van der Waals surface area contributed by atoms with E-state index in [1.807, 2.05) is 35.1 Å². The molecule has 5 rings (SSSR count). The molecular weight excluding hydrogens is 490 g/mol. The van der Waals surface area contributed by atoms with Crippen molar-refractivity contribution in [3.63, 3.8) is 0 Å². The molecule has 10 nitrogen and oxygen atoms in total. The van der Waals surface area contributed by atoms with Gasteiger partial charge in [0.2, 0.25) is 11.8 Å².